The van der Waals surface area contributed by atoms with Gasteiger partial charge < -0.3 is 4.74 Å². The summed E-state index contributed by atoms with van der Waals surface area (Å²) < 4.78 is 28.2. The molecule has 1 aromatic rings. The predicted molar refractivity (Wildman–Crippen MR) is 53.5 cm³/mol. The van der Waals surface area contributed by atoms with Crippen molar-refractivity contribution in [3.8, 4) is 5.75 Å². The zero-order valence-electron chi connectivity index (χ0n) is 8.17. The van der Waals surface area contributed by atoms with Gasteiger partial charge in [0.1, 0.15) is 0 Å². The van der Waals surface area contributed by atoms with Crippen molar-refractivity contribution in [1.82, 2.24) is 0 Å². The van der Waals surface area contributed by atoms with Gasteiger partial charge in [-0.05, 0) is 19.1 Å². The summed E-state index contributed by atoms with van der Waals surface area (Å²) in [4.78, 5) is 21.9. The molecule has 1 aromatic carbocycles. The summed E-state index contributed by atoms with van der Waals surface area (Å²) >= 11 is 5.60. The number of halogens is 3. The predicted octanol–water partition coefficient (Wildman–Crippen LogP) is 2.96. The van der Waals surface area contributed by atoms with Crippen molar-refractivity contribution >= 4 is 23.7 Å². The zero-order valence-corrected chi connectivity index (χ0v) is 8.92. The second-order valence-corrected chi connectivity index (χ2v) is 3.30. The first-order valence-corrected chi connectivity index (χ1v) is 4.58. The van der Waals surface area contributed by atoms with Crippen molar-refractivity contribution in [1.29, 1.82) is 0 Å². The van der Waals surface area contributed by atoms with Crippen LogP contribution in [0.3, 0.4) is 0 Å². The molecule has 6 heteroatoms. The molecular formula is C10H7ClF2O3. The van der Waals surface area contributed by atoms with Crippen molar-refractivity contribution in [2.24, 2.45) is 0 Å². The van der Waals surface area contributed by atoms with Gasteiger partial charge in [0.05, 0.1) is 10.6 Å². The highest BCUT2D eigenvalue weighted by Crippen LogP contribution is 2.31. The van der Waals surface area contributed by atoms with Crippen LogP contribution < -0.4 is 4.74 Å². The Balaban J connectivity index is 3.38. The fourth-order valence-corrected chi connectivity index (χ4v) is 1.42. The van der Waals surface area contributed by atoms with E-state index in [1.54, 1.807) is 0 Å². The van der Waals surface area contributed by atoms with Crippen molar-refractivity contribution in [2.45, 2.75) is 13.5 Å². The maximum Gasteiger partial charge on any atom is 0.387 e. The Morgan fingerprint density at radius 3 is 2.56 bits per heavy atom. The molecule has 0 aromatic heterocycles. The molecule has 0 N–H and O–H groups in total. The molecule has 0 saturated heterocycles. The molecule has 0 fully saturated rings. The van der Waals surface area contributed by atoms with Gasteiger partial charge in [-0.25, -0.2) is 0 Å². The molecule has 16 heavy (non-hydrogen) atoms. The molecule has 0 unspecified atom stereocenters. The van der Waals surface area contributed by atoms with Crippen LogP contribution in [-0.4, -0.2) is 18.7 Å². The first-order chi connectivity index (χ1) is 7.47. The van der Waals surface area contributed by atoms with Crippen molar-refractivity contribution in [3.05, 3.63) is 28.3 Å². The third kappa shape index (κ3) is 2.55. The average molecular weight is 249 g/mol. The van der Waals surface area contributed by atoms with E-state index >= 15 is 0 Å². The first-order valence-electron chi connectivity index (χ1n) is 4.20. The van der Waals surface area contributed by atoms with Crippen LogP contribution in [0.25, 0.3) is 0 Å². The number of benzene rings is 1. The lowest BCUT2D eigenvalue weighted by atomic mass is 10.0. The van der Waals surface area contributed by atoms with E-state index < -0.39 is 18.1 Å². The van der Waals surface area contributed by atoms with E-state index in [1.165, 1.54) is 19.1 Å². The van der Waals surface area contributed by atoms with Gasteiger partial charge in [-0.3, -0.25) is 9.59 Å². The topological polar surface area (TPSA) is 43.4 Å². The minimum absolute atomic E-state index is 0.00458. The number of aldehydes is 1. The summed E-state index contributed by atoms with van der Waals surface area (Å²) in [7, 11) is 0. The molecule has 0 aliphatic heterocycles. The summed E-state index contributed by atoms with van der Waals surface area (Å²) in [5.74, 6) is -0.905. The summed E-state index contributed by atoms with van der Waals surface area (Å²) in [6.45, 7) is -1.90. The average Bonchev–Trinajstić information content (AvgIpc) is 2.19. The Kier molecular flexibility index (Phi) is 3.95. The van der Waals surface area contributed by atoms with E-state index in [2.05, 4.69) is 4.74 Å². The van der Waals surface area contributed by atoms with Gasteiger partial charge in [-0.1, -0.05) is 11.6 Å². The van der Waals surface area contributed by atoms with Crippen LogP contribution in [0, 0.1) is 0 Å². The third-order valence-corrected chi connectivity index (χ3v) is 2.15. The van der Waals surface area contributed by atoms with Crippen LogP contribution in [0.1, 0.15) is 27.6 Å². The zero-order chi connectivity index (χ0) is 12.3. The quantitative estimate of drug-likeness (QED) is 0.608. The van der Waals surface area contributed by atoms with E-state index in [9.17, 15) is 18.4 Å². The maximum absolute atomic E-state index is 12.1. The lowest BCUT2D eigenvalue weighted by Crippen LogP contribution is -2.08. The number of rotatable bonds is 4. The lowest BCUT2D eigenvalue weighted by molar-refractivity contribution is -0.0500. The Labute approximate surface area is 95.0 Å². The fraction of sp³-hybridized carbons (Fsp3) is 0.200. The summed E-state index contributed by atoms with van der Waals surface area (Å²) in [5, 5.41) is -0.146. The van der Waals surface area contributed by atoms with Crippen LogP contribution in [0.5, 0.6) is 5.75 Å². The highest BCUT2D eigenvalue weighted by Gasteiger charge is 2.18. The van der Waals surface area contributed by atoms with Crippen molar-refractivity contribution in [3.63, 3.8) is 0 Å². The van der Waals surface area contributed by atoms with Gasteiger partial charge in [0, 0.05) is 5.56 Å². The molecule has 0 saturated carbocycles. The molecule has 0 spiro atoms. The van der Waals surface area contributed by atoms with Crippen molar-refractivity contribution in [2.75, 3.05) is 0 Å². The Bertz CT molecular complexity index is 432. The van der Waals surface area contributed by atoms with Gasteiger partial charge >= 0.3 is 6.61 Å². The smallest absolute Gasteiger partial charge is 0.387 e. The van der Waals surface area contributed by atoms with Crippen molar-refractivity contribution < 1.29 is 23.1 Å². The molecule has 86 valence electrons. The van der Waals surface area contributed by atoms with Crippen LogP contribution in [-0.2, 0) is 0 Å². The highest BCUT2D eigenvalue weighted by atomic mass is 35.5. The molecular weight excluding hydrogens is 242 g/mol. The molecule has 0 heterocycles. The van der Waals surface area contributed by atoms with Gasteiger partial charge in [-0.2, -0.15) is 8.78 Å². The second-order valence-electron chi connectivity index (χ2n) is 2.89. The molecule has 0 bridgehead atoms. The van der Waals surface area contributed by atoms with Crippen LogP contribution in [0.15, 0.2) is 12.1 Å². The minimum Gasteiger partial charge on any atom is -0.432 e. The van der Waals surface area contributed by atoms with Crippen LogP contribution >= 0.6 is 11.6 Å². The fourth-order valence-electron chi connectivity index (χ4n) is 1.21. The SMILES string of the molecule is CC(=O)c1ccc(Cl)c(OC(F)F)c1C=O. The molecule has 0 aliphatic rings. The largest absolute Gasteiger partial charge is 0.432 e. The number of ether oxygens (including phenoxy) is 1. The van der Waals surface area contributed by atoms with Gasteiger partial charge in [-0.15, -0.1) is 0 Å². The highest BCUT2D eigenvalue weighted by molar-refractivity contribution is 6.32. The number of hydrogen-bond donors (Lipinski definition) is 0. The summed E-state index contributed by atoms with van der Waals surface area (Å²) in [5.41, 5.74) is -0.268. The number of ketones is 1. The number of hydrogen-bond acceptors (Lipinski definition) is 3. The second kappa shape index (κ2) is 5.03. The van der Waals surface area contributed by atoms with E-state index in [0.29, 0.717) is 0 Å². The number of carbonyl (C=O) groups is 2. The standard InChI is InChI=1S/C10H7ClF2O3/c1-5(15)6-2-3-8(11)9(7(6)4-14)16-10(12)13/h2-4,10H,1H3. The third-order valence-electron chi connectivity index (χ3n) is 1.85. The lowest BCUT2D eigenvalue weighted by Gasteiger charge is -2.11. The van der Waals surface area contributed by atoms with Crippen LogP contribution in [0.2, 0.25) is 5.02 Å². The van der Waals surface area contributed by atoms with Crippen LogP contribution in [0.4, 0.5) is 8.78 Å². The molecule has 0 radical (unpaired) electrons. The molecule has 0 atom stereocenters. The Morgan fingerprint density at radius 1 is 1.50 bits per heavy atom. The van der Waals surface area contributed by atoms with E-state index in [0.717, 1.165) is 0 Å². The molecule has 1 rings (SSSR count). The monoisotopic (exact) mass is 248 g/mol. The minimum atomic E-state index is -3.11. The molecule has 3 nitrogen and oxygen atoms in total. The molecule has 0 aliphatic carbocycles. The number of Topliss-reactive ketones (excluding diaryl/α,β-unsaturated/α-hetero) is 1. The Hall–Kier alpha value is -1.49. The first kappa shape index (κ1) is 12.6. The van der Waals surface area contributed by atoms with E-state index in [1.807, 2.05) is 0 Å². The number of carbonyl (C=O) groups excluding carboxylic acids is 2. The van der Waals surface area contributed by atoms with E-state index in [-0.39, 0.29) is 22.4 Å². The van der Waals surface area contributed by atoms with E-state index in [4.69, 9.17) is 11.6 Å². The summed E-state index contributed by atoms with van der Waals surface area (Å²) in [6, 6.07) is 2.51. The van der Waals surface area contributed by atoms with Gasteiger partial charge in [0.15, 0.2) is 17.8 Å². The molecule has 0 amide bonds. The maximum atomic E-state index is 12.1. The Morgan fingerprint density at radius 2 is 2.12 bits per heavy atom. The summed E-state index contributed by atoms with van der Waals surface area (Å²) in [6.07, 6.45) is 0.264. The van der Waals surface area contributed by atoms with Gasteiger partial charge in [0.25, 0.3) is 0 Å². The van der Waals surface area contributed by atoms with Gasteiger partial charge in [0.2, 0.25) is 0 Å². The normalized spacial score (nSPS) is 10.3. The number of alkyl halides is 2.